The van der Waals surface area contributed by atoms with E-state index in [0.717, 1.165) is 26.2 Å². The molecule has 0 aliphatic carbocycles. The van der Waals surface area contributed by atoms with Crippen LogP contribution in [0.3, 0.4) is 0 Å². The van der Waals surface area contributed by atoms with Crippen molar-refractivity contribution in [1.82, 2.24) is 20.4 Å². The SMILES string of the molecule is COC(CNC(=O)C(=O)NCC(c1ccsc1)N1CCN(C)CC1)OC. The molecule has 146 valence electrons. The Kier molecular flexibility index (Phi) is 8.46. The van der Waals surface area contributed by atoms with E-state index in [1.54, 1.807) is 11.3 Å². The summed E-state index contributed by atoms with van der Waals surface area (Å²) in [6.07, 6.45) is -0.573. The Hall–Kier alpha value is -1.52. The minimum Gasteiger partial charge on any atom is -0.354 e. The van der Waals surface area contributed by atoms with Crippen LogP contribution in [0.25, 0.3) is 0 Å². The van der Waals surface area contributed by atoms with Gasteiger partial charge in [0.25, 0.3) is 0 Å². The molecular weight excluding hydrogens is 356 g/mol. The van der Waals surface area contributed by atoms with Crippen LogP contribution in [0.15, 0.2) is 16.8 Å². The van der Waals surface area contributed by atoms with Crippen LogP contribution >= 0.6 is 11.3 Å². The lowest BCUT2D eigenvalue weighted by Gasteiger charge is -2.37. The largest absolute Gasteiger partial charge is 0.354 e. The topological polar surface area (TPSA) is 83.1 Å². The summed E-state index contributed by atoms with van der Waals surface area (Å²) < 4.78 is 9.97. The molecular formula is C17H28N4O4S. The smallest absolute Gasteiger partial charge is 0.309 e. The van der Waals surface area contributed by atoms with Gasteiger partial charge in [-0.25, -0.2) is 0 Å². The minimum atomic E-state index is -0.688. The monoisotopic (exact) mass is 384 g/mol. The number of nitrogens with one attached hydrogen (secondary N) is 2. The fourth-order valence-corrected chi connectivity index (χ4v) is 3.55. The third kappa shape index (κ3) is 6.03. The molecule has 26 heavy (non-hydrogen) atoms. The normalized spacial score (nSPS) is 17.2. The van der Waals surface area contributed by atoms with Gasteiger partial charge in [-0.05, 0) is 29.4 Å². The Morgan fingerprint density at radius 1 is 1.12 bits per heavy atom. The van der Waals surface area contributed by atoms with Crippen molar-refractivity contribution in [2.75, 3.05) is 60.5 Å². The third-order valence-corrected chi connectivity index (χ3v) is 5.23. The fraction of sp³-hybridized carbons (Fsp3) is 0.647. The molecule has 0 radical (unpaired) electrons. The van der Waals surface area contributed by atoms with Crippen LogP contribution in [-0.4, -0.2) is 88.4 Å². The highest BCUT2D eigenvalue weighted by atomic mass is 32.1. The van der Waals surface area contributed by atoms with Crippen molar-refractivity contribution in [1.29, 1.82) is 0 Å². The molecule has 0 saturated carbocycles. The van der Waals surface area contributed by atoms with Gasteiger partial charge in [-0.2, -0.15) is 11.3 Å². The molecule has 1 saturated heterocycles. The van der Waals surface area contributed by atoms with Crippen LogP contribution in [0.4, 0.5) is 0 Å². The summed E-state index contributed by atoms with van der Waals surface area (Å²) in [5.74, 6) is -1.34. The third-order valence-electron chi connectivity index (χ3n) is 4.52. The van der Waals surface area contributed by atoms with E-state index in [1.807, 2.05) is 5.38 Å². The summed E-state index contributed by atoms with van der Waals surface area (Å²) in [6, 6.07) is 2.14. The first-order valence-corrected chi connectivity index (χ1v) is 9.55. The van der Waals surface area contributed by atoms with Crippen molar-refractivity contribution in [2.24, 2.45) is 0 Å². The van der Waals surface area contributed by atoms with Crippen LogP contribution in [0.1, 0.15) is 11.6 Å². The molecule has 2 heterocycles. The zero-order valence-electron chi connectivity index (χ0n) is 15.6. The number of piperazine rings is 1. The molecule has 1 unspecified atom stereocenters. The molecule has 9 heteroatoms. The van der Waals surface area contributed by atoms with Gasteiger partial charge in [0.15, 0.2) is 6.29 Å². The number of thiophene rings is 1. The highest BCUT2D eigenvalue weighted by Gasteiger charge is 2.25. The van der Waals surface area contributed by atoms with Gasteiger partial charge in [-0.15, -0.1) is 0 Å². The van der Waals surface area contributed by atoms with Crippen molar-refractivity contribution in [3.8, 4) is 0 Å². The second-order valence-corrected chi connectivity index (χ2v) is 7.01. The van der Waals surface area contributed by atoms with Gasteiger partial charge >= 0.3 is 11.8 Å². The Balaban J connectivity index is 1.88. The lowest BCUT2D eigenvalue weighted by Crippen LogP contribution is -2.50. The molecule has 2 rings (SSSR count). The van der Waals surface area contributed by atoms with Crippen molar-refractivity contribution < 1.29 is 19.1 Å². The highest BCUT2D eigenvalue weighted by molar-refractivity contribution is 7.07. The summed E-state index contributed by atoms with van der Waals surface area (Å²) >= 11 is 1.63. The van der Waals surface area contributed by atoms with Gasteiger partial charge in [-0.3, -0.25) is 14.5 Å². The van der Waals surface area contributed by atoms with Crippen molar-refractivity contribution in [3.05, 3.63) is 22.4 Å². The number of amides is 2. The Morgan fingerprint density at radius 2 is 1.73 bits per heavy atom. The van der Waals surface area contributed by atoms with Gasteiger partial charge in [-0.1, -0.05) is 0 Å². The first kappa shape index (κ1) is 20.8. The lowest BCUT2D eigenvalue weighted by molar-refractivity contribution is -0.141. The quantitative estimate of drug-likeness (QED) is 0.481. The number of hydrogen-bond acceptors (Lipinski definition) is 7. The van der Waals surface area contributed by atoms with Crippen LogP contribution in [0.5, 0.6) is 0 Å². The van der Waals surface area contributed by atoms with E-state index >= 15 is 0 Å². The average Bonchev–Trinajstić information content (AvgIpc) is 3.18. The second-order valence-electron chi connectivity index (χ2n) is 6.23. The van der Waals surface area contributed by atoms with Gasteiger partial charge in [0.05, 0.1) is 12.6 Å². The number of methoxy groups -OCH3 is 2. The van der Waals surface area contributed by atoms with E-state index in [0.29, 0.717) is 6.54 Å². The Morgan fingerprint density at radius 3 is 2.27 bits per heavy atom. The molecule has 1 fully saturated rings. The zero-order valence-corrected chi connectivity index (χ0v) is 16.4. The van der Waals surface area contributed by atoms with Gasteiger partial charge in [0.2, 0.25) is 0 Å². The van der Waals surface area contributed by atoms with Crippen molar-refractivity contribution in [2.45, 2.75) is 12.3 Å². The van der Waals surface area contributed by atoms with E-state index < -0.39 is 18.1 Å². The van der Waals surface area contributed by atoms with Crippen LogP contribution in [0, 0.1) is 0 Å². The first-order valence-electron chi connectivity index (χ1n) is 8.61. The van der Waals surface area contributed by atoms with E-state index in [2.05, 4.69) is 38.9 Å². The molecule has 0 aromatic carbocycles. The van der Waals surface area contributed by atoms with E-state index in [-0.39, 0.29) is 12.6 Å². The number of nitrogens with zero attached hydrogens (tertiary/aromatic N) is 2. The summed E-state index contributed by atoms with van der Waals surface area (Å²) in [5.41, 5.74) is 1.17. The molecule has 2 N–H and O–H groups in total. The second kappa shape index (κ2) is 10.6. The molecule has 1 aliphatic rings. The molecule has 1 aromatic heterocycles. The summed E-state index contributed by atoms with van der Waals surface area (Å²) in [5, 5.41) is 9.39. The van der Waals surface area contributed by atoms with Crippen LogP contribution < -0.4 is 10.6 Å². The molecule has 0 bridgehead atoms. The standard InChI is InChI=1S/C17H28N4O4S/c1-20-5-7-21(8-6-20)14(13-4-9-26-12-13)10-18-16(22)17(23)19-11-15(24-2)25-3/h4,9,12,14-15H,5-8,10-11H2,1-3H3,(H,18,22)(H,19,23). The number of carbonyl (C=O) groups is 2. The molecule has 8 nitrogen and oxygen atoms in total. The number of carbonyl (C=O) groups excluding carboxylic acids is 2. The van der Waals surface area contributed by atoms with E-state index in [4.69, 9.17) is 9.47 Å². The van der Waals surface area contributed by atoms with E-state index in [9.17, 15) is 9.59 Å². The first-order chi connectivity index (χ1) is 12.5. The summed E-state index contributed by atoms with van der Waals surface area (Å²) in [4.78, 5) is 28.7. The van der Waals surface area contributed by atoms with Gasteiger partial charge in [0, 0.05) is 46.9 Å². The van der Waals surface area contributed by atoms with Crippen LogP contribution in [0.2, 0.25) is 0 Å². The summed E-state index contributed by atoms with van der Waals surface area (Å²) in [7, 11) is 5.06. The van der Waals surface area contributed by atoms with Crippen molar-refractivity contribution >= 4 is 23.2 Å². The molecule has 1 atom stereocenters. The predicted octanol–water partition coefficient (Wildman–Crippen LogP) is -0.112. The maximum Gasteiger partial charge on any atom is 0.309 e. The number of hydrogen-bond donors (Lipinski definition) is 2. The maximum absolute atomic E-state index is 12.1. The van der Waals surface area contributed by atoms with E-state index in [1.165, 1.54) is 19.8 Å². The minimum absolute atomic E-state index is 0.0670. The van der Waals surface area contributed by atoms with Gasteiger partial charge < -0.3 is 25.0 Å². The Labute approximate surface area is 158 Å². The van der Waals surface area contributed by atoms with Crippen LogP contribution in [-0.2, 0) is 19.1 Å². The van der Waals surface area contributed by atoms with Gasteiger partial charge in [0.1, 0.15) is 0 Å². The number of rotatable bonds is 8. The average molecular weight is 385 g/mol. The Bertz CT molecular complexity index is 557. The number of ether oxygens (including phenoxy) is 2. The van der Waals surface area contributed by atoms with Crippen molar-refractivity contribution in [3.63, 3.8) is 0 Å². The zero-order chi connectivity index (χ0) is 18.9. The fourth-order valence-electron chi connectivity index (χ4n) is 2.84. The molecule has 0 spiro atoms. The molecule has 1 aliphatic heterocycles. The molecule has 2 amide bonds. The predicted molar refractivity (Wildman–Crippen MR) is 100.0 cm³/mol. The highest BCUT2D eigenvalue weighted by Crippen LogP contribution is 2.23. The lowest BCUT2D eigenvalue weighted by atomic mass is 10.1. The summed E-state index contributed by atoms with van der Waals surface area (Å²) in [6.45, 7) is 4.36. The number of likely N-dealkylation sites (N-methyl/N-ethyl adjacent to an activating group) is 1. The molecule has 1 aromatic rings. The maximum atomic E-state index is 12.1.